The van der Waals surface area contributed by atoms with Crippen LogP contribution in [0.15, 0.2) is 53.7 Å². The maximum Gasteiger partial charge on any atom is 0.339 e. The molecule has 1 aromatic heterocycles. The smallest absolute Gasteiger partial charge is 0.339 e. The van der Waals surface area contributed by atoms with E-state index in [0.717, 1.165) is 5.56 Å². The first kappa shape index (κ1) is 25.0. The number of anilines is 1. The van der Waals surface area contributed by atoms with Crippen molar-refractivity contribution in [3.63, 3.8) is 0 Å². The maximum absolute atomic E-state index is 12.6. The van der Waals surface area contributed by atoms with Gasteiger partial charge in [0.1, 0.15) is 0 Å². The number of methoxy groups -OCH3 is 1. The molecule has 0 aliphatic carbocycles. The summed E-state index contributed by atoms with van der Waals surface area (Å²) in [6.07, 6.45) is 0. The quantitative estimate of drug-likeness (QED) is 0.354. The van der Waals surface area contributed by atoms with Crippen molar-refractivity contribution in [3.8, 4) is 0 Å². The summed E-state index contributed by atoms with van der Waals surface area (Å²) in [6.45, 7) is 6.29. The summed E-state index contributed by atoms with van der Waals surface area (Å²) in [5.41, 5.74) is 2.24. The van der Waals surface area contributed by atoms with Crippen molar-refractivity contribution in [2.45, 2.75) is 38.5 Å². The largest absolute Gasteiger partial charge is 0.465 e. The van der Waals surface area contributed by atoms with Crippen molar-refractivity contribution in [2.75, 3.05) is 18.2 Å². The number of nitrogens with one attached hydrogen (secondary N) is 2. The molecule has 3 aromatic rings. The number of esters is 1. The summed E-state index contributed by atoms with van der Waals surface area (Å²) in [4.78, 5) is 37.0. The summed E-state index contributed by atoms with van der Waals surface area (Å²) in [5.74, 6) is -0.352. The molecule has 9 nitrogen and oxygen atoms in total. The number of thioether (sulfide) groups is 1. The summed E-state index contributed by atoms with van der Waals surface area (Å²) in [7, 11) is 1.29. The highest BCUT2D eigenvalue weighted by molar-refractivity contribution is 7.99. The topological polar surface area (TPSA) is 115 Å². The molecule has 0 saturated heterocycles. The number of para-hydroxylation sites is 1. The van der Waals surface area contributed by atoms with E-state index in [4.69, 9.17) is 4.74 Å². The Hall–Kier alpha value is -3.66. The number of carbonyl (C=O) groups is 3. The first-order valence-electron chi connectivity index (χ1n) is 10.7. The molecule has 1 atom stereocenters. The molecule has 178 valence electrons. The van der Waals surface area contributed by atoms with Crippen molar-refractivity contribution in [1.82, 2.24) is 20.1 Å². The van der Waals surface area contributed by atoms with Gasteiger partial charge in [-0.1, -0.05) is 41.6 Å². The van der Waals surface area contributed by atoms with Gasteiger partial charge in [-0.25, -0.2) is 4.79 Å². The number of amides is 2. The number of carbonyl (C=O) groups excluding carboxylic acids is 3. The van der Waals surface area contributed by atoms with Gasteiger partial charge in [-0.2, -0.15) is 0 Å². The lowest BCUT2D eigenvalue weighted by Crippen LogP contribution is -2.28. The summed E-state index contributed by atoms with van der Waals surface area (Å²) in [6, 6.07) is 13.6. The van der Waals surface area contributed by atoms with Crippen LogP contribution in [0.2, 0.25) is 0 Å². The zero-order chi connectivity index (χ0) is 24.7. The van der Waals surface area contributed by atoms with Crippen LogP contribution in [0.4, 0.5) is 5.69 Å². The van der Waals surface area contributed by atoms with Crippen LogP contribution in [0.25, 0.3) is 0 Å². The number of hydrogen-bond acceptors (Lipinski definition) is 7. The van der Waals surface area contributed by atoms with E-state index < -0.39 is 5.97 Å². The third-order valence-corrected chi connectivity index (χ3v) is 5.98. The van der Waals surface area contributed by atoms with Gasteiger partial charge in [0.2, 0.25) is 5.91 Å². The molecule has 0 aliphatic heterocycles. The number of ether oxygens (including phenoxy) is 1. The molecule has 0 spiro atoms. The SMILES string of the molecule is CCn1c(SCC(=O)Nc2ccccc2C(=O)OC)nnc1[C@@H](C)NC(=O)c1cccc(C)c1. The number of aryl methyl sites for hydroxylation is 1. The fraction of sp³-hybridized carbons (Fsp3) is 0.292. The fourth-order valence-corrected chi connectivity index (χ4v) is 4.16. The summed E-state index contributed by atoms with van der Waals surface area (Å²) < 4.78 is 6.62. The minimum Gasteiger partial charge on any atom is -0.465 e. The number of nitrogens with zero attached hydrogens (tertiary/aromatic N) is 3. The van der Waals surface area contributed by atoms with Gasteiger partial charge < -0.3 is 19.9 Å². The van der Waals surface area contributed by atoms with Crippen LogP contribution in [0, 0.1) is 6.92 Å². The van der Waals surface area contributed by atoms with Crippen LogP contribution >= 0.6 is 11.8 Å². The minimum absolute atomic E-state index is 0.0671. The Bertz CT molecular complexity index is 1190. The van der Waals surface area contributed by atoms with Gasteiger partial charge in [0.15, 0.2) is 11.0 Å². The van der Waals surface area contributed by atoms with Crippen LogP contribution < -0.4 is 10.6 Å². The Balaban J connectivity index is 1.65. The molecule has 0 fully saturated rings. The normalized spacial score (nSPS) is 11.5. The molecule has 2 amide bonds. The number of hydrogen-bond donors (Lipinski definition) is 2. The van der Waals surface area contributed by atoms with E-state index in [1.807, 2.05) is 43.5 Å². The van der Waals surface area contributed by atoms with Crippen molar-refractivity contribution >= 4 is 35.2 Å². The van der Waals surface area contributed by atoms with E-state index >= 15 is 0 Å². The standard InChI is InChI=1S/C24H27N5O4S/c1-5-29-21(16(3)25-22(31)17-10-8-9-15(2)13-17)27-28-24(29)34-14-20(30)26-19-12-7-6-11-18(19)23(32)33-4/h6-13,16H,5,14H2,1-4H3,(H,25,31)(H,26,30)/t16-/m1/s1. The molecule has 0 unspecified atom stereocenters. The average molecular weight is 482 g/mol. The molecule has 0 radical (unpaired) electrons. The summed E-state index contributed by atoms with van der Waals surface area (Å²) in [5, 5.41) is 14.7. The van der Waals surface area contributed by atoms with Gasteiger partial charge in [0, 0.05) is 12.1 Å². The van der Waals surface area contributed by atoms with Gasteiger partial charge in [-0.15, -0.1) is 10.2 Å². The van der Waals surface area contributed by atoms with Gasteiger partial charge in [0.25, 0.3) is 5.91 Å². The Labute approximate surface area is 202 Å². The predicted octanol–water partition coefficient (Wildman–Crippen LogP) is 3.61. The third-order valence-electron chi connectivity index (χ3n) is 5.02. The van der Waals surface area contributed by atoms with Crippen LogP contribution in [0.1, 0.15) is 52.0 Å². The lowest BCUT2D eigenvalue weighted by Gasteiger charge is -2.15. The number of aromatic nitrogens is 3. The highest BCUT2D eigenvalue weighted by atomic mass is 32.2. The average Bonchev–Trinajstić information content (AvgIpc) is 3.25. The molecule has 2 aromatic carbocycles. The summed E-state index contributed by atoms with van der Waals surface area (Å²) >= 11 is 1.22. The van der Waals surface area contributed by atoms with Crippen LogP contribution in [-0.4, -0.2) is 45.4 Å². The van der Waals surface area contributed by atoms with E-state index in [2.05, 4.69) is 20.8 Å². The minimum atomic E-state index is -0.527. The van der Waals surface area contributed by atoms with Crippen molar-refractivity contribution in [3.05, 3.63) is 71.0 Å². The van der Waals surface area contributed by atoms with Gasteiger partial charge in [-0.3, -0.25) is 9.59 Å². The monoisotopic (exact) mass is 481 g/mol. The first-order chi connectivity index (χ1) is 16.3. The van der Waals surface area contributed by atoms with Crippen LogP contribution in [0.5, 0.6) is 0 Å². The second kappa shape index (κ2) is 11.5. The molecule has 0 bridgehead atoms. The maximum atomic E-state index is 12.6. The van der Waals surface area contributed by atoms with E-state index in [-0.39, 0.29) is 29.2 Å². The van der Waals surface area contributed by atoms with E-state index in [9.17, 15) is 14.4 Å². The predicted molar refractivity (Wildman–Crippen MR) is 130 cm³/mol. The van der Waals surface area contributed by atoms with E-state index in [0.29, 0.717) is 28.8 Å². The molecule has 2 N–H and O–H groups in total. The second-order valence-electron chi connectivity index (χ2n) is 7.52. The highest BCUT2D eigenvalue weighted by Gasteiger charge is 2.21. The Kier molecular flexibility index (Phi) is 8.42. The second-order valence-corrected chi connectivity index (χ2v) is 8.47. The molecule has 0 saturated carbocycles. The fourth-order valence-electron chi connectivity index (χ4n) is 3.35. The zero-order valence-corrected chi connectivity index (χ0v) is 20.3. The number of rotatable bonds is 9. The van der Waals surface area contributed by atoms with Gasteiger partial charge in [0.05, 0.1) is 30.2 Å². The molecular weight excluding hydrogens is 454 g/mol. The molecular formula is C24H27N5O4S. The van der Waals surface area contributed by atoms with Gasteiger partial charge in [-0.05, 0) is 45.0 Å². The Morgan fingerprint density at radius 3 is 2.59 bits per heavy atom. The Morgan fingerprint density at radius 2 is 1.88 bits per heavy atom. The van der Waals surface area contributed by atoms with Crippen LogP contribution in [-0.2, 0) is 16.1 Å². The van der Waals surface area contributed by atoms with Crippen LogP contribution in [0.3, 0.4) is 0 Å². The lowest BCUT2D eigenvalue weighted by molar-refractivity contribution is -0.113. The molecule has 3 rings (SSSR count). The van der Waals surface area contributed by atoms with Crippen molar-refractivity contribution in [2.24, 2.45) is 0 Å². The third kappa shape index (κ3) is 6.02. The van der Waals surface area contributed by atoms with E-state index in [1.165, 1.54) is 18.9 Å². The molecule has 10 heteroatoms. The number of benzene rings is 2. The molecule has 34 heavy (non-hydrogen) atoms. The molecule has 0 aliphatic rings. The van der Waals surface area contributed by atoms with E-state index in [1.54, 1.807) is 30.3 Å². The zero-order valence-electron chi connectivity index (χ0n) is 19.5. The lowest BCUT2D eigenvalue weighted by atomic mass is 10.1. The molecule has 1 heterocycles. The van der Waals surface area contributed by atoms with Crippen molar-refractivity contribution in [1.29, 1.82) is 0 Å². The first-order valence-corrected chi connectivity index (χ1v) is 11.7. The Morgan fingerprint density at radius 1 is 1.12 bits per heavy atom. The highest BCUT2D eigenvalue weighted by Crippen LogP contribution is 2.22. The van der Waals surface area contributed by atoms with Gasteiger partial charge >= 0.3 is 5.97 Å². The van der Waals surface area contributed by atoms with Crippen molar-refractivity contribution < 1.29 is 19.1 Å².